The summed E-state index contributed by atoms with van der Waals surface area (Å²) in [6, 6.07) is 0. The average Bonchev–Trinajstić information content (AvgIpc) is 2.20. The van der Waals surface area contributed by atoms with E-state index in [0.717, 1.165) is 0 Å². The Morgan fingerprint density at radius 1 is 0.857 bits per heavy atom. The second-order valence-corrected chi connectivity index (χ2v) is 3.14. The molecule has 1 aromatic carbocycles. The Balaban J connectivity index is 3.73. The Morgan fingerprint density at radius 3 is 1.36 bits per heavy atom. The number of anilines is 2. The van der Waals surface area contributed by atoms with Crippen LogP contribution in [-0.2, 0) is 0 Å². The van der Waals surface area contributed by atoms with Crippen molar-refractivity contribution in [1.82, 2.24) is 0 Å². The monoisotopic (exact) mass is 192 g/mol. The van der Waals surface area contributed by atoms with Crippen LogP contribution < -0.4 is 11.5 Å². The van der Waals surface area contributed by atoms with Crippen LogP contribution >= 0.6 is 0 Å². The molecule has 0 aliphatic rings. The van der Waals surface area contributed by atoms with Crippen LogP contribution in [0.1, 0.15) is 31.8 Å². The summed E-state index contributed by atoms with van der Waals surface area (Å²) in [6.45, 7) is 3.34. The molecule has 0 aromatic heterocycles. The van der Waals surface area contributed by atoms with Crippen LogP contribution in [0, 0.1) is 13.8 Å². The summed E-state index contributed by atoms with van der Waals surface area (Å²) < 4.78 is 0. The Morgan fingerprint density at radius 2 is 1.14 bits per heavy atom. The highest BCUT2D eigenvalue weighted by Crippen LogP contribution is 2.29. The van der Waals surface area contributed by atoms with Gasteiger partial charge >= 0.3 is 0 Å². The number of carbonyl (C=O) groups excluding carboxylic acids is 2. The average molecular weight is 192 g/mol. The van der Waals surface area contributed by atoms with Gasteiger partial charge in [-0.1, -0.05) is 0 Å². The predicted octanol–water partition coefficient (Wildman–Crippen LogP) is 1.09. The number of nitrogens with two attached hydrogens (primary N) is 2. The summed E-state index contributed by atoms with van der Waals surface area (Å²) in [7, 11) is 0. The quantitative estimate of drug-likeness (QED) is 0.542. The van der Waals surface area contributed by atoms with Gasteiger partial charge in [0, 0.05) is 11.1 Å². The van der Waals surface area contributed by atoms with Crippen LogP contribution in [0.5, 0.6) is 0 Å². The van der Waals surface area contributed by atoms with Crippen LogP contribution in [0.3, 0.4) is 0 Å². The number of aldehydes is 2. The maximum atomic E-state index is 10.8. The van der Waals surface area contributed by atoms with Gasteiger partial charge < -0.3 is 11.5 Å². The van der Waals surface area contributed by atoms with Crippen molar-refractivity contribution in [3.63, 3.8) is 0 Å². The van der Waals surface area contributed by atoms with E-state index in [-0.39, 0.29) is 0 Å². The zero-order valence-electron chi connectivity index (χ0n) is 8.13. The van der Waals surface area contributed by atoms with Gasteiger partial charge in [-0.15, -0.1) is 0 Å². The van der Waals surface area contributed by atoms with Crippen LogP contribution in [0.2, 0.25) is 0 Å². The summed E-state index contributed by atoms with van der Waals surface area (Å²) in [5, 5.41) is 0. The fourth-order valence-corrected chi connectivity index (χ4v) is 1.40. The maximum absolute atomic E-state index is 10.8. The third kappa shape index (κ3) is 1.25. The molecule has 4 nitrogen and oxygen atoms in total. The van der Waals surface area contributed by atoms with E-state index in [1.165, 1.54) is 0 Å². The lowest BCUT2D eigenvalue weighted by Gasteiger charge is -2.13. The van der Waals surface area contributed by atoms with Crippen molar-refractivity contribution in [2.24, 2.45) is 0 Å². The van der Waals surface area contributed by atoms with Crippen LogP contribution in [0.25, 0.3) is 0 Å². The fourth-order valence-electron chi connectivity index (χ4n) is 1.40. The van der Waals surface area contributed by atoms with Crippen LogP contribution in [0.4, 0.5) is 11.4 Å². The first kappa shape index (κ1) is 10.2. The van der Waals surface area contributed by atoms with Gasteiger partial charge in [-0.3, -0.25) is 9.59 Å². The second-order valence-electron chi connectivity index (χ2n) is 3.14. The summed E-state index contributed by atoms with van der Waals surface area (Å²) in [4.78, 5) is 21.5. The molecule has 0 heterocycles. The van der Waals surface area contributed by atoms with Gasteiger partial charge in [-0.25, -0.2) is 0 Å². The minimum atomic E-state index is 0.323. The van der Waals surface area contributed by atoms with Gasteiger partial charge in [-0.05, 0) is 25.0 Å². The smallest absolute Gasteiger partial charge is 0.151 e. The minimum Gasteiger partial charge on any atom is -0.397 e. The molecule has 0 radical (unpaired) electrons. The highest BCUT2D eigenvalue weighted by atomic mass is 16.1. The molecule has 0 bridgehead atoms. The molecular weight excluding hydrogens is 180 g/mol. The molecule has 0 amide bonds. The van der Waals surface area contributed by atoms with E-state index in [9.17, 15) is 9.59 Å². The van der Waals surface area contributed by atoms with E-state index < -0.39 is 0 Å². The SMILES string of the molecule is Cc1c(N)c(N)c(C)c(C=O)c1C=O. The Bertz CT molecular complexity index is 372. The first-order valence-corrected chi connectivity index (χ1v) is 4.13. The van der Waals surface area contributed by atoms with Gasteiger partial charge in [0.1, 0.15) is 0 Å². The number of benzene rings is 1. The Kier molecular flexibility index (Phi) is 2.56. The zero-order chi connectivity index (χ0) is 10.9. The predicted molar refractivity (Wildman–Crippen MR) is 55.5 cm³/mol. The fraction of sp³-hybridized carbons (Fsp3) is 0.200. The largest absolute Gasteiger partial charge is 0.397 e. The third-order valence-corrected chi connectivity index (χ3v) is 2.43. The number of nitrogen functional groups attached to an aromatic ring is 2. The summed E-state index contributed by atoms with van der Waals surface area (Å²) in [5.74, 6) is 0. The van der Waals surface area contributed by atoms with E-state index in [4.69, 9.17) is 11.5 Å². The molecule has 0 aliphatic carbocycles. The van der Waals surface area contributed by atoms with E-state index in [0.29, 0.717) is 46.2 Å². The highest BCUT2D eigenvalue weighted by Gasteiger charge is 2.14. The van der Waals surface area contributed by atoms with Crippen molar-refractivity contribution in [2.45, 2.75) is 13.8 Å². The number of hydrogen-bond donors (Lipinski definition) is 2. The second kappa shape index (κ2) is 3.49. The van der Waals surface area contributed by atoms with E-state index in [2.05, 4.69) is 0 Å². The first-order valence-electron chi connectivity index (χ1n) is 4.13. The maximum Gasteiger partial charge on any atom is 0.151 e. The van der Waals surface area contributed by atoms with Gasteiger partial charge in [0.25, 0.3) is 0 Å². The molecule has 1 aromatic rings. The lowest BCUT2D eigenvalue weighted by molar-refractivity contribution is 0.109. The van der Waals surface area contributed by atoms with Crippen molar-refractivity contribution in [2.75, 3.05) is 11.5 Å². The van der Waals surface area contributed by atoms with Crippen LogP contribution in [-0.4, -0.2) is 12.6 Å². The molecule has 14 heavy (non-hydrogen) atoms. The van der Waals surface area contributed by atoms with E-state index in [1.54, 1.807) is 13.8 Å². The molecular formula is C10H12N2O2. The number of hydrogen-bond acceptors (Lipinski definition) is 4. The topological polar surface area (TPSA) is 86.2 Å². The van der Waals surface area contributed by atoms with Crippen molar-refractivity contribution in [1.29, 1.82) is 0 Å². The van der Waals surface area contributed by atoms with E-state index >= 15 is 0 Å². The molecule has 4 N–H and O–H groups in total. The van der Waals surface area contributed by atoms with Crippen molar-refractivity contribution < 1.29 is 9.59 Å². The van der Waals surface area contributed by atoms with Gasteiger partial charge in [0.05, 0.1) is 11.4 Å². The minimum absolute atomic E-state index is 0.323. The summed E-state index contributed by atoms with van der Waals surface area (Å²) in [6.07, 6.45) is 1.25. The summed E-state index contributed by atoms with van der Waals surface area (Å²) >= 11 is 0. The third-order valence-electron chi connectivity index (χ3n) is 2.43. The molecule has 0 fully saturated rings. The van der Waals surface area contributed by atoms with Crippen molar-refractivity contribution >= 4 is 23.9 Å². The van der Waals surface area contributed by atoms with Gasteiger partial charge in [0.15, 0.2) is 12.6 Å². The number of carbonyl (C=O) groups is 2. The van der Waals surface area contributed by atoms with Crippen molar-refractivity contribution in [3.8, 4) is 0 Å². The molecule has 0 atom stereocenters. The molecule has 0 unspecified atom stereocenters. The van der Waals surface area contributed by atoms with Gasteiger partial charge in [0.2, 0.25) is 0 Å². The molecule has 0 spiro atoms. The lowest BCUT2D eigenvalue weighted by Crippen LogP contribution is -2.07. The van der Waals surface area contributed by atoms with Gasteiger partial charge in [-0.2, -0.15) is 0 Å². The zero-order valence-corrected chi connectivity index (χ0v) is 8.13. The molecule has 1 rings (SSSR count). The summed E-state index contributed by atoms with van der Waals surface area (Å²) in [5.41, 5.74) is 13.9. The van der Waals surface area contributed by atoms with Crippen molar-refractivity contribution in [3.05, 3.63) is 22.3 Å². The Labute approximate surface area is 81.9 Å². The standard InChI is InChI=1S/C10H12N2O2/c1-5-7(3-13)8(4-14)6(2)10(12)9(5)11/h3-4H,11-12H2,1-2H3. The molecule has 0 saturated carbocycles. The highest BCUT2D eigenvalue weighted by molar-refractivity contribution is 5.98. The molecule has 74 valence electrons. The molecule has 0 saturated heterocycles. The first-order chi connectivity index (χ1) is 6.54. The lowest BCUT2D eigenvalue weighted by atomic mass is 9.95. The number of rotatable bonds is 2. The van der Waals surface area contributed by atoms with Crippen LogP contribution in [0.15, 0.2) is 0 Å². The molecule has 4 heteroatoms. The normalized spacial score (nSPS) is 9.86. The molecule has 0 aliphatic heterocycles. The van der Waals surface area contributed by atoms with E-state index in [1.807, 2.05) is 0 Å². The Hall–Kier alpha value is -1.84.